The van der Waals surface area contributed by atoms with E-state index in [4.69, 9.17) is 32.9 Å². The number of amides is 1. The van der Waals surface area contributed by atoms with Gasteiger partial charge in [0.2, 0.25) is 5.91 Å². The lowest BCUT2D eigenvalue weighted by molar-refractivity contribution is -0.117. The number of anilines is 1. The lowest BCUT2D eigenvalue weighted by Crippen LogP contribution is -2.26. The topological polar surface area (TPSA) is 67.6 Å². The summed E-state index contributed by atoms with van der Waals surface area (Å²) in [7, 11) is 0. The van der Waals surface area contributed by atoms with Gasteiger partial charge in [-0.1, -0.05) is 47.5 Å². The van der Waals surface area contributed by atoms with Crippen molar-refractivity contribution in [2.45, 2.75) is 25.0 Å². The number of fused-ring (bicyclic) bond motifs is 1. The van der Waals surface area contributed by atoms with Crippen LogP contribution in [-0.2, 0) is 11.3 Å². The first-order valence-corrected chi connectivity index (χ1v) is 11.8. The fraction of sp³-hybridized carbons (Fsp3) is 0.231. The zero-order valence-electron chi connectivity index (χ0n) is 18.3. The molecule has 6 nitrogen and oxygen atoms in total. The third-order valence-corrected chi connectivity index (χ3v) is 6.54. The quantitative estimate of drug-likeness (QED) is 0.377. The third kappa shape index (κ3) is 4.62. The van der Waals surface area contributed by atoms with Crippen LogP contribution in [0.15, 0.2) is 72.8 Å². The van der Waals surface area contributed by atoms with E-state index < -0.39 is 6.10 Å². The smallest absolute Gasteiger partial charge is 0.227 e. The molecule has 0 unspecified atom stereocenters. The maximum atomic E-state index is 12.9. The number of benzene rings is 3. The Balaban J connectivity index is 1.38. The molecule has 2 heterocycles. The Bertz CT molecular complexity index is 1320. The first-order valence-electron chi connectivity index (χ1n) is 11.1. The van der Waals surface area contributed by atoms with Crippen molar-refractivity contribution in [3.63, 3.8) is 0 Å². The summed E-state index contributed by atoms with van der Waals surface area (Å²) >= 11 is 12.2. The van der Waals surface area contributed by atoms with Gasteiger partial charge in [-0.05, 0) is 48.5 Å². The molecule has 1 N–H and O–H groups in total. The van der Waals surface area contributed by atoms with Gasteiger partial charge in [0.1, 0.15) is 24.3 Å². The third-order valence-electron chi connectivity index (χ3n) is 5.97. The van der Waals surface area contributed by atoms with Crippen molar-refractivity contribution in [2.24, 2.45) is 0 Å². The Hall–Kier alpha value is -3.06. The fourth-order valence-electron chi connectivity index (χ4n) is 4.36. The highest BCUT2D eigenvalue weighted by molar-refractivity contribution is 6.32. The van der Waals surface area contributed by atoms with Crippen LogP contribution >= 0.6 is 23.2 Å². The number of hydrogen-bond donors (Lipinski definition) is 1. The van der Waals surface area contributed by atoms with Crippen LogP contribution in [0.2, 0.25) is 10.0 Å². The highest BCUT2D eigenvalue weighted by Gasteiger charge is 2.35. The summed E-state index contributed by atoms with van der Waals surface area (Å²) in [5.74, 6) is 1.24. The molecular formula is C26H23Cl2N3O3. The number of imidazole rings is 1. The highest BCUT2D eigenvalue weighted by Crippen LogP contribution is 2.34. The molecule has 0 aliphatic carbocycles. The second-order valence-corrected chi connectivity index (χ2v) is 9.19. The van der Waals surface area contributed by atoms with Gasteiger partial charge < -0.3 is 19.3 Å². The second kappa shape index (κ2) is 9.66. The van der Waals surface area contributed by atoms with Gasteiger partial charge in [-0.3, -0.25) is 4.79 Å². The minimum absolute atomic E-state index is 0.0357. The average Bonchev–Trinajstić information content (AvgIpc) is 3.40. The number of aliphatic hydroxyl groups is 1. The van der Waals surface area contributed by atoms with Crippen LogP contribution in [-0.4, -0.2) is 39.8 Å². The minimum atomic E-state index is -0.794. The lowest BCUT2D eigenvalue weighted by atomic mass is 10.1. The maximum absolute atomic E-state index is 12.9. The van der Waals surface area contributed by atoms with E-state index in [9.17, 15) is 9.90 Å². The average molecular weight is 496 g/mol. The summed E-state index contributed by atoms with van der Waals surface area (Å²) in [6, 6.07) is 22.2. The molecule has 1 fully saturated rings. The summed E-state index contributed by atoms with van der Waals surface area (Å²) in [6.07, 6.45) is -0.449. The van der Waals surface area contributed by atoms with Gasteiger partial charge in [-0.15, -0.1) is 0 Å². The Kier molecular flexibility index (Phi) is 6.46. The van der Waals surface area contributed by atoms with E-state index in [2.05, 4.69) is 0 Å². The number of rotatable bonds is 7. The lowest BCUT2D eigenvalue weighted by Gasteiger charge is -2.19. The molecule has 0 saturated carbocycles. The molecule has 1 aliphatic heterocycles. The van der Waals surface area contributed by atoms with Crippen molar-refractivity contribution < 1.29 is 14.6 Å². The van der Waals surface area contributed by atoms with Gasteiger partial charge in [-0.25, -0.2) is 4.98 Å². The molecule has 1 aromatic heterocycles. The van der Waals surface area contributed by atoms with Crippen molar-refractivity contribution in [2.75, 3.05) is 18.1 Å². The molecular weight excluding hydrogens is 473 g/mol. The number of aromatic nitrogens is 2. The van der Waals surface area contributed by atoms with Crippen molar-refractivity contribution in [3.8, 4) is 5.75 Å². The van der Waals surface area contributed by atoms with Gasteiger partial charge >= 0.3 is 0 Å². The summed E-state index contributed by atoms with van der Waals surface area (Å²) in [5.41, 5.74) is 2.55. The van der Waals surface area contributed by atoms with E-state index >= 15 is 0 Å². The molecule has 174 valence electrons. The van der Waals surface area contributed by atoms with E-state index in [1.165, 1.54) is 0 Å². The van der Waals surface area contributed by atoms with Crippen molar-refractivity contribution >= 4 is 45.8 Å². The summed E-state index contributed by atoms with van der Waals surface area (Å²) in [4.78, 5) is 19.5. The van der Waals surface area contributed by atoms with Crippen LogP contribution in [0.3, 0.4) is 0 Å². The Morgan fingerprint density at radius 3 is 2.56 bits per heavy atom. The number of para-hydroxylation sites is 3. The number of carbonyl (C=O) groups is 1. The Morgan fingerprint density at radius 2 is 1.76 bits per heavy atom. The van der Waals surface area contributed by atoms with E-state index in [-0.39, 0.29) is 25.0 Å². The predicted molar refractivity (Wildman–Crippen MR) is 134 cm³/mol. The molecule has 1 amide bonds. The van der Waals surface area contributed by atoms with Crippen molar-refractivity contribution in [1.29, 1.82) is 0 Å². The molecule has 0 bridgehead atoms. The van der Waals surface area contributed by atoms with Crippen LogP contribution < -0.4 is 9.64 Å². The Morgan fingerprint density at radius 1 is 1.03 bits per heavy atom. The molecule has 1 aliphatic rings. The van der Waals surface area contributed by atoms with E-state index in [1.807, 2.05) is 53.1 Å². The van der Waals surface area contributed by atoms with E-state index in [0.29, 0.717) is 28.8 Å². The van der Waals surface area contributed by atoms with Gasteiger partial charge in [0, 0.05) is 29.6 Å². The first-order chi connectivity index (χ1) is 16.5. The molecule has 2 atom stereocenters. The molecule has 5 rings (SSSR count). The molecule has 8 heteroatoms. The van der Waals surface area contributed by atoms with Gasteiger partial charge in [0.25, 0.3) is 0 Å². The number of hydrogen-bond acceptors (Lipinski definition) is 4. The fourth-order valence-corrected chi connectivity index (χ4v) is 4.68. The van der Waals surface area contributed by atoms with Crippen molar-refractivity contribution in [3.05, 3.63) is 88.7 Å². The monoisotopic (exact) mass is 495 g/mol. The molecule has 34 heavy (non-hydrogen) atoms. The summed E-state index contributed by atoms with van der Waals surface area (Å²) in [5, 5.41) is 11.9. The summed E-state index contributed by atoms with van der Waals surface area (Å²) in [6.45, 7) is 0.873. The minimum Gasteiger partial charge on any atom is -0.489 e. The van der Waals surface area contributed by atoms with Crippen LogP contribution in [0.25, 0.3) is 11.0 Å². The van der Waals surface area contributed by atoms with E-state index in [1.54, 1.807) is 29.2 Å². The second-order valence-electron chi connectivity index (χ2n) is 8.35. The number of aliphatic hydroxyl groups excluding tert-OH is 1. The van der Waals surface area contributed by atoms with Crippen LogP contribution in [0.5, 0.6) is 5.75 Å². The normalized spacial score (nSPS) is 16.9. The van der Waals surface area contributed by atoms with Crippen LogP contribution in [0.1, 0.15) is 18.2 Å². The largest absolute Gasteiger partial charge is 0.489 e. The van der Waals surface area contributed by atoms with Gasteiger partial charge in [0.05, 0.1) is 22.6 Å². The molecule has 4 aromatic rings. The predicted octanol–water partition coefficient (Wildman–Crippen LogP) is 5.30. The Labute approximate surface area is 207 Å². The van der Waals surface area contributed by atoms with Gasteiger partial charge in [-0.2, -0.15) is 0 Å². The molecule has 0 radical (unpaired) electrons. The van der Waals surface area contributed by atoms with E-state index in [0.717, 1.165) is 22.5 Å². The number of carbonyl (C=O) groups excluding carboxylic acids is 1. The van der Waals surface area contributed by atoms with Crippen LogP contribution in [0.4, 0.5) is 5.69 Å². The van der Waals surface area contributed by atoms with Crippen LogP contribution in [0, 0.1) is 0 Å². The molecule has 3 aromatic carbocycles. The highest BCUT2D eigenvalue weighted by atomic mass is 35.5. The summed E-state index contributed by atoms with van der Waals surface area (Å²) < 4.78 is 7.74. The number of ether oxygens (including phenoxy) is 1. The van der Waals surface area contributed by atoms with Gasteiger partial charge in [0.15, 0.2) is 0 Å². The number of nitrogens with zero attached hydrogens (tertiary/aromatic N) is 3. The zero-order valence-corrected chi connectivity index (χ0v) is 19.8. The number of halogens is 2. The molecule has 0 spiro atoms. The standard InChI is InChI=1S/C26H23Cl2N3O3/c27-18-9-11-19(12-10-18)30-14-17(13-25(30)33)26-29-22-6-2-3-7-23(22)31(26)15-20(32)16-34-24-8-4-1-5-21(24)28/h1-12,17,20,32H,13-16H2/t17-,20+/m0/s1. The SMILES string of the molecule is O=C1C[C@H](c2nc3ccccc3n2C[C@@H](O)COc2ccccc2Cl)CN1c1ccc(Cl)cc1. The maximum Gasteiger partial charge on any atom is 0.227 e. The van der Waals surface area contributed by atoms with Crippen molar-refractivity contribution in [1.82, 2.24) is 9.55 Å². The first kappa shape index (κ1) is 22.7. The molecule has 1 saturated heterocycles. The zero-order chi connectivity index (χ0) is 23.7.